The number of ether oxygens (including phenoxy) is 1. The molecule has 1 fully saturated rings. The van der Waals surface area contributed by atoms with Crippen LogP contribution in [0, 0.1) is 18.7 Å². The molecule has 1 aliphatic rings. The number of carbonyl (C=O) groups is 1. The molecule has 2 aromatic rings. The van der Waals surface area contributed by atoms with E-state index in [0.29, 0.717) is 30.7 Å². The second kappa shape index (κ2) is 8.27. The second-order valence-electron chi connectivity index (χ2n) is 6.67. The highest BCUT2D eigenvalue weighted by molar-refractivity contribution is 5.94. The van der Waals surface area contributed by atoms with Gasteiger partial charge in [0.15, 0.2) is 0 Å². The lowest BCUT2D eigenvalue weighted by Gasteiger charge is -2.21. The molecule has 2 N–H and O–H groups in total. The number of hydrogen-bond donors (Lipinski definition) is 2. The van der Waals surface area contributed by atoms with Gasteiger partial charge >= 0.3 is 0 Å². The Morgan fingerprint density at radius 1 is 1.35 bits per heavy atom. The Balaban J connectivity index is 1.46. The quantitative estimate of drug-likeness (QED) is 0.833. The Morgan fingerprint density at radius 3 is 2.96 bits per heavy atom. The monoisotopic (exact) mass is 358 g/mol. The third-order valence-electron chi connectivity index (χ3n) is 4.73. The molecule has 0 unspecified atom stereocenters. The van der Waals surface area contributed by atoms with Crippen molar-refractivity contribution in [3.05, 3.63) is 59.7 Å². The number of aliphatic hydroxyl groups is 1. The standard InChI is InChI=1S/C20H23FN2O3/c1-13-11-15(8-9-22-13)20(25)23-10-7-14-5-6-18(19(14)24)26-17-4-2-3-16(21)12-17/h2-4,8-9,11-12,14,18-19,24H,5-7,10H2,1H3,(H,23,25)/t14-,18-,19-/m1/s1. The summed E-state index contributed by atoms with van der Waals surface area (Å²) in [6.07, 6.45) is 2.82. The van der Waals surface area contributed by atoms with Crippen LogP contribution in [0.1, 0.15) is 35.3 Å². The van der Waals surface area contributed by atoms with E-state index in [4.69, 9.17) is 4.74 Å². The lowest BCUT2D eigenvalue weighted by atomic mass is 10.0. The first-order chi connectivity index (χ1) is 12.5. The predicted octanol–water partition coefficient (Wildman–Crippen LogP) is 2.87. The number of benzene rings is 1. The third kappa shape index (κ3) is 4.58. The van der Waals surface area contributed by atoms with Crippen molar-refractivity contribution in [2.45, 2.75) is 38.4 Å². The number of carbonyl (C=O) groups excluding carboxylic acids is 1. The average Bonchev–Trinajstić information content (AvgIpc) is 2.95. The fourth-order valence-corrected chi connectivity index (χ4v) is 3.34. The van der Waals surface area contributed by atoms with Gasteiger partial charge in [0.1, 0.15) is 17.7 Å². The molecule has 1 aromatic heterocycles. The van der Waals surface area contributed by atoms with Crippen molar-refractivity contribution in [1.29, 1.82) is 0 Å². The molecule has 1 heterocycles. The smallest absolute Gasteiger partial charge is 0.251 e. The number of amides is 1. The maximum Gasteiger partial charge on any atom is 0.251 e. The minimum atomic E-state index is -0.627. The van der Waals surface area contributed by atoms with Crippen LogP contribution in [0.3, 0.4) is 0 Å². The van der Waals surface area contributed by atoms with Crippen LogP contribution >= 0.6 is 0 Å². The summed E-state index contributed by atoms with van der Waals surface area (Å²) in [5, 5.41) is 13.3. The normalized spacial score (nSPS) is 22.2. The summed E-state index contributed by atoms with van der Waals surface area (Å²) in [6.45, 7) is 2.32. The van der Waals surface area contributed by atoms with Crippen LogP contribution in [0.4, 0.5) is 4.39 Å². The van der Waals surface area contributed by atoms with E-state index in [1.54, 1.807) is 30.5 Å². The lowest BCUT2D eigenvalue weighted by Crippen LogP contribution is -2.33. The molecule has 1 aliphatic carbocycles. The van der Waals surface area contributed by atoms with Gasteiger partial charge in [-0.05, 0) is 56.4 Å². The average molecular weight is 358 g/mol. The van der Waals surface area contributed by atoms with Gasteiger partial charge in [0.2, 0.25) is 0 Å². The highest BCUT2D eigenvalue weighted by Gasteiger charge is 2.36. The van der Waals surface area contributed by atoms with Gasteiger partial charge in [-0.15, -0.1) is 0 Å². The summed E-state index contributed by atoms with van der Waals surface area (Å²) in [7, 11) is 0. The molecule has 6 heteroatoms. The Hall–Kier alpha value is -2.47. The van der Waals surface area contributed by atoms with Crippen molar-refractivity contribution < 1.29 is 19.0 Å². The summed E-state index contributed by atoms with van der Waals surface area (Å²) in [4.78, 5) is 16.2. The Morgan fingerprint density at radius 2 is 2.19 bits per heavy atom. The number of hydrogen-bond acceptors (Lipinski definition) is 4. The van der Waals surface area contributed by atoms with Crippen LogP contribution in [-0.4, -0.2) is 34.8 Å². The van der Waals surface area contributed by atoms with Crippen LogP contribution in [0.2, 0.25) is 0 Å². The van der Waals surface area contributed by atoms with E-state index in [1.165, 1.54) is 12.1 Å². The van der Waals surface area contributed by atoms with Gasteiger partial charge in [0, 0.05) is 30.1 Å². The maximum absolute atomic E-state index is 13.2. The number of halogens is 1. The summed E-state index contributed by atoms with van der Waals surface area (Å²) >= 11 is 0. The Kier molecular flexibility index (Phi) is 5.83. The number of rotatable bonds is 6. The first-order valence-corrected chi connectivity index (χ1v) is 8.84. The fourth-order valence-electron chi connectivity index (χ4n) is 3.34. The fraction of sp³-hybridized carbons (Fsp3) is 0.400. The zero-order valence-electron chi connectivity index (χ0n) is 14.7. The molecule has 138 valence electrons. The molecule has 1 aromatic carbocycles. The number of aliphatic hydroxyl groups excluding tert-OH is 1. The predicted molar refractivity (Wildman–Crippen MR) is 95.5 cm³/mol. The third-order valence-corrected chi connectivity index (χ3v) is 4.73. The molecule has 0 saturated heterocycles. The lowest BCUT2D eigenvalue weighted by molar-refractivity contribution is 0.0328. The van der Waals surface area contributed by atoms with E-state index in [0.717, 1.165) is 12.1 Å². The summed E-state index contributed by atoms with van der Waals surface area (Å²) in [6, 6.07) is 9.35. The Labute approximate surface area is 152 Å². The first kappa shape index (κ1) is 18.3. The minimum Gasteiger partial charge on any atom is -0.488 e. The first-order valence-electron chi connectivity index (χ1n) is 8.84. The van der Waals surface area contributed by atoms with Crippen molar-refractivity contribution in [2.24, 2.45) is 5.92 Å². The van der Waals surface area contributed by atoms with Crippen molar-refractivity contribution in [3.8, 4) is 5.75 Å². The molecule has 0 radical (unpaired) electrons. The van der Waals surface area contributed by atoms with Gasteiger partial charge in [-0.25, -0.2) is 4.39 Å². The van der Waals surface area contributed by atoms with E-state index in [9.17, 15) is 14.3 Å². The molecule has 0 aliphatic heterocycles. The van der Waals surface area contributed by atoms with Gasteiger partial charge < -0.3 is 15.2 Å². The zero-order valence-corrected chi connectivity index (χ0v) is 14.7. The van der Waals surface area contributed by atoms with E-state index in [1.807, 2.05) is 6.92 Å². The van der Waals surface area contributed by atoms with Crippen LogP contribution in [0.5, 0.6) is 5.75 Å². The largest absolute Gasteiger partial charge is 0.488 e. The zero-order chi connectivity index (χ0) is 18.5. The molecular weight excluding hydrogens is 335 g/mol. The molecule has 1 amide bonds. The molecule has 3 atom stereocenters. The van der Waals surface area contributed by atoms with Crippen LogP contribution in [-0.2, 0) is 0 Å². The SMILES string of the molecule is Cc1cc(C(=O)NCC[C@H]2CC[C@@H](Oc3cccc(F)c3)[C@@H]2O)ccn1. The minimum absolute atomic E-state index is 0.0491. The highest BCUT2D eigenvalue weighted by atomic mass is 19.1. The summed E-state index contributed by atoms with van der Waals surface area (Å²) in [5.41, 5.74) is 1.37. The van der Waals surface area contributed by atoms with Crippen LogP contribution in [0.25, 0.3) is 0 Å². The summed E-state index contributed by atoms with van der Waals surface area (Å²) < 4.78 is 19.0. The van der Waals surface area contributed by atoms with Gasteiger partial charge in [-0.3, -0.25) is 9.78 Å². The highest BCUT2D eigenvalue weighted by Crippen LogP contribution is 2.31. The van der Waals surface area contributed by atoms with Gasteiger partial charge in [0.05, 0.1) is 6.10 Å². The maximum atomic E-state index is 13.2. The molecule has 26 heavy (non-hydrogen) atoms. The molecular formula is C20H23FN2O3. The van der Waals surface area contributed by atoms with Crippen molar-refractivity contribution in [1.82, 2.24) is 10.3 Å². The van der Waals surface area contributed by atoms with Crippen LogP contribution in [0.15, 0.2) is 42.6 Å². The van der Waals surface area contributed by atoms with Crippen molar-refractivity contribution >= 4 is 5.91 Å². The molecule has 0 spiro atoms. The van der Waals surface area contributed by atoms with E-state index >= 15 is 0 Å². The summed E-state index contributed by atoms with van der Waals surface area (Å²) in [5.74, 6) is -0.0276. The van der Waals surface area contributed by atoms with E-state index in [2.05, 4.69) is 10.3 Å². The number of nitrogens with one attached hydrogen (secondary N) is 1. The molecule has 5 nitrogen and oxygen atoms in total. The van der Waals surface area contributed by atoms with Crippen LogP contribution < -0.4 is 10.1 Å². The van der Waals surface area contributed by atoms with E-state index < -0.39 is 6.10 Å². The Bertz CT molecular complexity index is 768. The molecule has 1 saturated carbocycles. The van der Waals surface area contributed by atoms with Crippen molar-refractivity contribution in [2.75, 3.05) is 6.54 Å². The second-order valence-corrected chi connectivity index (χ2v) is 6.67. The van der Waals surface area contributed by atoms with E-state index in [-0.39, 0.29) is 23.7 Å². The number of pyridine rings is 1. The number of aryl methyl sites for hydroxylation is 1. The van der Waals surface area contributed by atoms with Crippen molar-refractivity contribution in [3.63, 3.8) is 0 Å². The van der Waals surface area contributed by atoms with Gasteiger partial charge in [-0.1, -0.05) is 6.07 Å². The molecule has 0 bridgehead atoms. The number of aromatic nitrogens is 1. The van der Waals surface area contributed by atoms with Gasteiger partial charge in [-0.2, -0.15) is 0 Å². The number of nitrogens with zero attached hydrogens (tertiary/aromatic N) is 1. The van der Waals surface area contributed by atoms with Gasteiger partial charge in [0.25, 0.3) is 5.91 Å². The topological polar surface area (TPSA) is 71.5 Å². The molecule has 3 rings (SSSR count).